The van der Waals surface area contributed by atoms with Crippen molar-refractivity contribution in [3.8, 4) is 5.75 Å². The molecule has 2 aliphatic heterocycles. The maximum Gasteiger partial charge on any atom is 0.256 e. The van der Waals surface area contributed by atoms with Gasteiger partial charge in [-0.15, -0.1) is 0 Å². The second kappa shape index (κ2) is 7.51. The van der Waals surface area contributed by atoms with Crippen molar-refractivity contribution in [3.05, 3.63) is 22.7 Å². The lowest BCUT2D eigenvalue weighted by atomic mass is 9.87. The summed E-state index contributed by atoms with van der Waals surface area (Å²) in [5.74, 6) is 0.359. The molecular formula is C21H30ClN3O2. The van der Waals surface area contributed by atoms with Gasteiger partial charge in [0.15, 0.2) is 0 Å². The monoisotopic (exact) mass is 391 g/mol. The third kappa shape index (κ3) is 3.40. The zero-order chi connectivity index (χ0) is 19.0. The van der Waals surface area contributed by atoms with Crippen LogP contribution in [0.4, 0.5) is 5.69 Å². The normalized spacial score (nSPS) is 28.9. The molecule has 1 saturated carbocycles. The number of ether oxygens (including phenoxy) is 1. The second-order valence-electron chi connectivity index (χ2n) is 8.34. The summed E-state index contributed by atoms with van der Waals surface area (Å²) in [6.45, 7) is 0. The third-order valence-corrected chi connectivity index (χ3v) is 7.11. The first-order chi connectivity index (χ1) is 13.0. The van der Waals surface area contributed by atoms with Gasteiger partial charge in [-0.3, -0.25) is 9.69 Å². The van der Waals surface area contributed by atoms with E-state index < -0.39 is 0 Å². The van der Waals surface area contributed by atoms with Gasteiger partial charge in [0, 0.05) is 18.2 Å². The van der Waals surface area contributed by atoms with Gasteiger partial charge in [0.25, 0.3) is 5.91 Å². The largest absolute Gasteiger partial charge is 0.496 e. The molecule has 1 aliphatic carbocycles. The summed E-state index contributed by atoms with van der Waals surface area (Å²) in [6.07, 6.45) is 12.1. The first-order valence-electron chi connectivity index (χ1n) is 10.3. The fourth-order valence-electron chi connectivity index (χ4n) is 5.58. The fourth-order valence-corrected chi connectivity index (χ4v) is 5.74. The Morgan fingerprint density at radius 3 is 2.59 bits per heavy atom. The lowest BCUT2D eigenvalue weighted by Gasteiger charge is -2.50. The Balaban J connectivity index is 1.61. The number of carbonyl (C=O) groups excluding carboxylic acids is 1. The van der Waals surface area contributed by atoms with Crippen LogP contribution < -0.4 is 15.8 Å². The van der Waals surface area contributed by atoms with E-state index in [0.29, 0.717) is 34.1 Å². The number of fused-ring (bicyclic) bond motifs is 2. The zero-order valence-corrected chi connectivity index (χ0v) is 16.9. The van der Waals surface area contributed by atoms with Crippen LogP contribution >= 0.6 is 11.6 Å². The molecule has 148 valence electrons. The maximum atomic E-state index is 13.2. The number of rotatable bonds is 4. The summed E-state index contributed by atoms with van der Waals surface area (Å²) in [7, 11) is 1.55. The van der Waals surface area contributed by atoms with Crippen molar-refractivity contribution < 1.29 is 9.53 Å². The highest BCUT2D eigenvalue weighted by Crippen LogP contribution is 2.46. The van der Waals surface area contributed by atoms with Crippen LogP contribution in [0.25, 0.3) is 0 Å². The molecule has 2 saturated heterocycles. The molecule has 1 amide bonds. The third-order valence-electron chi connectivity index (χ3n) is 6.78. The summed E-state index contributed by atoms with van der Waals surface area (Å²) >= 11 is 6.19. The van der Waals surface area contributed by atoms with E-state index in [9.17, 15) is 4.79 Å². The number of nitrogen functional groups attached to an aromatic ring is 1. The van der Waals surface area contributed by atoms with Crippen LogP contribution in [0.15, 0.2) is 12.1 Å². The van der Waals surface area contributed by atoms with Crippen molar-refractivity contribution in [1.29, 1.82) is 0 Å². The van der Waals surface area contributed by atoms with Crippen molar-refractivity contribution in [2.75, 3.05) is 12.8 Å². The average Bonchev–Trinajstić information content (AvgIpc) is 2.89. The average molecular weight is 392 g/mol. The van der Waals surface area contributed by atoms with E-state index in [0.717, 1.165) is 12.8 Å². The number of carbonyl (C=O) groups is 1. The van der Waals surface area contributed by atoms with Gasteiger partial charge in [-0.05, 0) is 51.0 Å². The Kier molecular flexibility index (Phi) is 5.26. The Bertz CT molecular complexity index is 716. The number of nitrogens with two attached hydrogens (primary N) is 1. The van der Waals surface area contributed by atoms with Crippen LogP contribution in [0.1, 0.15) is 74.6 Å². The van der Waals surface area contributed by atoms with Crippen molar-refractivity contribution in [1.82, 2.24) is 10.2 Å². The standard InChI is InChI=1S/C21H30ClN3O2/c1-27-19-13-18(23)17(22)12-16(19)20(26)24-21-10-5-8-15(9-11-21)25(21)14-6-3-2-4-7-14/h12-15H,2-11,23H2,1H3,(H,24,26). The lowest BCUT2D eigenvalue weighted by molar-refractivity contribution is -0.0195. The smallest absolute Gasteiger partial charge is 0.256 e. The number of methoxy groups -OCH3 is 1. The molecule has 3 N–H and O–H groups in total. The number of hydrogen-bond donors (Lipinski definition) is 2. The van der Waals surface area contributed by atoms with Gasteiger partial charge < -0.3 is 15.8 Å². The van der Waals surface area contributed by atoms with Crippen LogP contribution in [0.5, 0.6) is 5.75 Å². The molecule has 1 aromatic rings. The number of hydrogen-bond acceptors (Lipinski definition) is 4. The summed E-state index contributed by atoms with van der Waals surface area (Å²) in [5.41, 5.74) is 6.54. The highest BCUT2D eigenvalue weighted by atomic mass is 35.5. The summed E-state index contributed by atoms with van der Waals surface area (Å²) < 4.78 is 5.40. The highest BCUT2D eigenvalue weighted by Gasteiger charge is 2.52. The van der Waals surface area contributed by atoms with Crippen molar-refractivity contribution in [2.45, 2.75) is 82.0 Å². The number of piperidine rings is 1. The minimum Gasteiger partial charge on any atom is -0.496 e. The minimum atomic E-state index is -0.221. The predicted molar refractivity (Wildman–Crippen MR) is 108 cm³/mol. The first kappa shape index (κ1) is 18.9. The van der Waals surface area contributed by atoms with Crippen LogP contribution in [0.2, 0.25) is 5.02 Å². The van der Waals surface area contributed by atoms with E-state index in [1.807, 2.05) is 0 Å². The number of halogens is 1. The van der Waals surface area contributed by atoms with Gasteiger partial charge in [-0.1, -0.05) is 30.9 Å². The lowest BCUT2D eigenvalue weighted by Crippen LogP contribution is -2.64. The zero-order valence-electron chi connectivity index (χ0n) is 16.1. The van der Waals surface area contributed by atoms with Crippen LogP contribution in [0, 0.1) is 0 Å². The molecule has 0 spiro atoms. The Morgan fingerprint density at radius 2 is 1.85 bits per heavy atom. The maximum absolute atomic E-state index is 13.2. The molecule has 1 aromatic carbocycles. The molecule has 6 heteroatoms. The number of anilines is 1. The number of nitrogens with one attached hydrogen (secondary N) is 1. The SMILES string of the molecule is COc1cc(N)c(Cl)cc1C(=O)NC12CCCC(CC1)N2C1CCCCC1. The van der Waals surface area contributed by atoms with Crippen LogP contribution in [-0.2, 0) is 0 Å². The molecule has 0 radical (unpaired) electrons. The molecular weight excluding hydrogens is 362 g/mol. The Hall–Kier alpha value is -1.46. The second-order valence-corrected chi connectivity index (χ2v) is 8.75. The van der Waals surface area contributed by atoms with Crippen LogP contribution in [-0.4, -0.2) is 35.7 Å². The van der Waals surface area contributed by atoms with E-state index in [-0.39, 0.29) is 11.6 Å². The van der Waals surface area contributed by atoms with E-state index in [2.05, 4.69) is 10.2 Å². The number of nitrogens with zero attached hydrogens (tertiary/aromatic N) is 1. The van der Waals surface area contributed by atoms with E-state index >= 15 is 0 Å². The molecule has 2 heterocycles. The van der Waals surface area contributed by atoms with E-state index in [1.54, 1.807) is 19.2 Å². The summed E-state index contributed by atoms with van der Waals surface area (Å²) in [6, 6.07) is 4.47. The predicted octanol–water partition coefficient (Wildman–Crippen LogP) is 4.34. The molecule has 2 atom stereocenters. The van der Waals surface area contributed by atoms with Crippen molar-refractivity contribution in [2.24, 2.45) is 0 Å². The quantitative estimate of drug-likeness (QED) is 0.749. The molecule has 5 nitrogen and oxygen atoms in total. The van der Waals surface area contributed by atoms with Gasteiger partial charge >= 0.3 is 0 Å². The molecule has 2 bridgehead atoms. The van der Waals surface area contributed by atoms with Crippen molar-refractivity contribution in [3.63, 3.8) is 0 Å². The number of benzene rings is 1. The highest BCUT2D eigenvalue weighted by molar-refractivity contribution is 6.33. The molecule has 3 aliphatic rings. The van der Waals surface area contributed by atoms with Gasteiger partial charge in [-0.25, -0.2) is 0 Å². The Morgan fingerprint density at radius 1 is 1.15 bits per heavy atom. The van der Waals surface area contributed by atoms with Gasteiger partial charge in [-0.2, -0.15) is 0 Å². The Labute approximate surface area is 166 Å². The molecule has 2 unspecified atom stereocenters. The topological polar surface area (TPSA) is 67.6 Å². The fraction of sp³-hybridized carbons (Fsp3) is 0.667. The first-order valence-corrected chi connectivity index (χ1v) is 10.7. The molecule has 27 heavy (non-hydrogen) atoms. The van der Waals surface area contributed by atoms with Gasteiger partial charge in [0.2, 0.25) is 0 Å². The molecule has 0 aromatic heterocycles. The van der Waals surface area contributed by atoms with Gasteiger partial charge in [0.1, 0.15) is 5.75 Å². The van der Waals surface area contributed by atoms with E-state index in [1.165, 1.54) is 51.4 Å². The van der Waals surface area contributed by atoms with Gasteiger partial charge in [0.05, 0.1) is 29.0 Å². The number of amides is 1. The van der Waals surface area contributed by atoms with E-state index in [4.69, 9.17) is 22.1 Å². The van der Waals surface area contributed by atoms with Crippen LogP contribution in [0.3, 0.4) is 0 Å². The van der Waals surface area contributed by atoms with Crippen molar-refractivity contribution >= 4 is 23.2 Å². The molecule has 3 fully saturated rings. The minimum absolute atomic E-state index is 0.114. The summed E-state index contributed by atoms with van der Waals surface area (Å²) in [4.78, 5) is 15.9. The summed E-state index contributed by atoms with van der Waals surface area (Å²) in [5, 5.41) is 3.80. The molecule has 4 rings (SSSR count).